The third-order valence-electron chi connectivity index (χ3n) is 3.03. The summed E-state index contributed by atoms with van der Waals surface area (Å²) in [5.74, 6) is 0.997. The molecule has 0 bridgehead atoms. The van der Waals surface area contributed by atoms with Crippen molar-refractivity contribution in [1.29, 1.82) is 0 Å². The summed E-state index contributed by atoms with van der Waals surface area (Å²) in [5, 5.41) is -0.0207. The predicted molar refractivity (Wildman–Crippen MR) is 59.9 cm³/mol. The first kappa shape index (κ1) is 12.1. The van der Waals surface area contributed by atoms with Gasteiger partial charge in [0.05, 0.1) is 5.38 Å². The van der Waals surface area contributed by atoms with Crippen LogP contribution < -0.4 is 0 Å². The molecule has 14 heavy (non-hydrogen) atoms. The summed E-state index contributed by atoms with van der Waals surface area (Å²) in [6.45, 7) is 5.64. The van der Waals surface area contributed by atoms with Crippen molar-refractivity contribution in [3.63, 3.8) is 0 Å². The van der Waals surface area contributed by atoms with E-state index >= 15 is 0 Å². The van der Waals surface area contributed by atoms with Gasteiger partial charge in [-0.05, 0) is 26.2 Å². The highest BCUT2D eigenvalue weighted by atomic mass is 35.5. The Labute approximate surface area is 95.5 Å². The lowest BCUT2D eigenvalue weighted by molar-refractivity contribution is -0.135. The van der Waals surface area contributed by atoms with Crippen molar-refractivity contribution in [2.75, 3.05) is 5.88 Å². The molecule has 1 saturated heterocycles. The van der Waals surface area contributed by atoms with E-state index in [1.807, 2.05) is 11.8 Å². The highest BCUT2D eigenvalue weighted by Crippen LogP contribution is 2.32. The van der Waals surface area contributed by atoms with Crippen molar-refractivity contribution in [2.45, 2.75) is 44.7 Å². The number of rotatable bonds is 1. The van der Waals surface area contributed by atoms with Crippen LogP contribution in [-0.2, 0) is 4.79 Å². The molecule has 1 heterocycles. The number of piperidine rings is 1. The van der Waals surface area contributed by atoms with Crippen molar-refractivity contribution in [3.8, 4) is 0 Å². The number of likely N-dealkylation sites (tertiary alicyclic amines) is 1. The lowest BCUT2D eigenvalue weighted by atomic mass is 9.88. The van der Waals surface area contributed by atoms with Crippen LogP contribution in [0.5, 0.6) is 0 Å². The molecule has 0 aromatic rings. The van der Waals surface area contributed by atoms with E-state index in [4.69, 9.17) is 23.2 Å². The zero-order valence-electron chi connectivity index (χ0n) is 8.84. The molecular weight excluding hydrogens is 221 g/mol. The van der Waals surface area contributed by atoms with Gasteiger partial charge in [-0.25, -0.2) is 0 Å². The van der Waals surface area contributed by atoms with E-state index in [0.717, 1.165) is 6.42 Å². The van der Waals surface area contributed by atoms with Crippen LogP contribution in [-0.4, -0.2) is 34.1 Å². The molecule has 1 aliphatic rings. The van der Waals surface area contributed by atoms with E-state index < -0.39 is 0 Å². The Morgan fingerprint density at radius 3 is 2.50 bits per heavy atom. The van der Waals surface area contributed by atoms with Crippen LogP contribution in [0.1, 0.15) is 27.2 Å². The second-order valence-corrected chi connectivity index (χ2v) is 4.92. The van der Waals surface area contributed by atoms with Crippen molar-refractivity contribution in [3.05, 3.63) is 0 Å². The van der Waals surface area contributed by atoms with Crippen molar-refractivity contribution in [1.82, 2.24) is 4.90 Å². The summed E-state index contributed by atoms with van der Waals surface area (Å²) in [6, 6.07) is 0.336. The Balaban J connectivity index is 2.79. The number of nitrogens with zero attached hydrogens (tertiary/aromatic N) is 1. The topological polar surface area (TPSA) is 20.3 Å². The SMILES string of the molecule is CC(=O)N1C(C)CC(CCl)C(Cl)C1C. The molecule has 82 valence electrons. The van der Waals surface area contributed by atoms with Gasteiger partial charge in [-0.3, -0.25) is 4.79 Å². The number of hydrogen-bond acceptors (Lipinski definition) is 1. The van der Waals surface area contributed by atoms with Crippen molar-refractivity contribution >= 4 is 29.1 Å². The maximum Gasteiger partial charge on any atom is 0.219 e. The van der Waals surface area contributed by atoms with Gasteiger partial charge in [-0.15, -0.1) is 23.2 Å². The third kappa shape index (κ3) is 2.17. The van der Waals surface area contributed by atoms with Crippen LogP contribution in [0.3, 0.4) is 0 Å². The highest BCUT2D eigenvalue weighted by molar-refractivity contribution is 6.23. The minimum atomic E-state index is -0.0207. The molecular formula is C10H17Cl2NO. The first-order valence-electron chi connectivity index (χ1n) is 4.98. The van der Waals surface area contributed by atoms with E-state index in [1.165, 1.54) is 0 Å². The van der Waals surface area contributed by atoms with E-state index in [9.17, 15) is 4.79 Å². The minimum absolute atomic E-state index is 0.0207. The monoisotopic (exact) mass is 237 g/mol. The van der Waals surface area contributed by atoms with Gasteiger partial charge >= 0.3 is 0 Å². The fourth-order valence-corrected chi connectivity index (χ4v) is 3.10. The molecule has 1 aliphatic heterocycles. The summed E-state index contributed by atoms with van der Waals surface area (Å²) < 4.78 is 0. The number of halogens is 2. The Morgan fingerprint density at radius 1 is 1.50 bits per heavy atom. The highest BCUT2D eigenvalue weighted by Gasteiger charge is 2.38. The van der Waals surface area contributed by atoms with Crippen molar-refractivity contribution < 1.29 is 4.79 Å². The van der Waals surface area contributed by atoms with Gasteiger partial charge in [0.15, 0.2) is 0 Å². The van der Waals surface area contributed by atoms with Crippen molar-refractivity contribution in [2.24, 2.45) is 5.92 Å². The number of alkyl halides is 2. The molecule has 0 spiro atoms. The molecule has 2 nitrogen and oxygen atoms in total. The molecule has 4 atom stereocenters. The van der Waals surface area contributed by atoms with Gasteiger partial charge in [-0.2, -0.15) is 0 Å². The summed E-state index contributed by atoms with van der Waals surface area (Å²) >= 11 is 12.1. The number of carbonyl (C=O) groups is 1. The van der Waals surface area contributed by atoms with E-state index in [-0.39, 0.29) is 23.4 Å². The first-order chi connectivity index (χ1) is 6.49. The van der Waals surface area contributed by atoms with E-state index in [2.05, 4.69) is 6.92 Å². The molecule has 4 unspecified atom stereocenters. The average Bonchev–Trinajstić information content (AvgIpc) is 2.10. The molecule has 0 aliphatic carbocycles. The molecule has 0 aromatic carbocycles. The normalized spacial score (nSPS) is 38.5. The average molecular weight is 238 g/mol. The fourth-order valence-electron chi connectivity index (χ4n) is 2.38. The maximum absolute atomic E-state index is 11.4. The van der Waals surface area contributed by atoms with Crippen LogP contribution in [0.2, 0.25) is 0 Å². The van der Waals surface area contributed by atoms with E-state index in [0.29, 0.717) is 11.8 Å². The Bertz CT molecular complexity index is 222. The Kier molecular flexibility index (Phi) is 4.08. The predicted octanol–water partition coefficient (Wildman–Crippen LogP) is 2.48. The molecule has 1 fully saturated rings. The fraction of sp³-hybridized carbons (Fsp3) is 0.900. The molecule has 1 rings (SSSR count). The zero-order chi connectivity index (χ0) is 10.9. The first-order valence-corrected chi connectivity index (χ1v) is 5.95. The van der Waals surface area contributed by atoms with Crippen LogP contribution >= 0.6 is 23.2 Å². The third-order valence-corrected chi connectivity index (χ3v) is 4.15. The number of amides is 1. The van der Waals surface area contributed by atoms with Gasteiger partial charge in [0, 0.05) is 24.9 Å². The van der Waals surface area contributed by atoms with Gasteiger partial charge in [0.1, 0.15) is 0 Å². The Morgan fingerprint density at radius 2 is 2.07 bits per heavy atom. The van der Waals surface area contributed by atoms with E-state index in [1.54, 1.807) is 6.92 Å². The smallest absolute Gasteiger partial charge is 0.219 e. The molecule has 0 saturated carbocycles. The van der Waals surface area contributed by atoms with Crippen LogP contribution in [0.15, 0.2) is 0 Å². The summed E-state index contributed by atoms with van der Waals surface area (Å²) in [6.07, 6.45) is 0.904. The number of hydrogen-bond donors (Lipinski definition) is 0. The standard InChI is InChI=1S/C10H17Cl2NO/c1-6-4-9(5-11)10(12)7(2)13(6)8(3)14/h6-7,9-10H,4-5H2,1-3H3. The summed E-state index contributed by atoms with van der Waals surface area (Å²) in [5.41, 5.74) is 0. The summed E-state index contributed by atoms with van der Waals surface area (Å²) in [7, 11) is 0. The minimum Gasteiger partial charge on any atom is -0.336 e. The zero-order valence-corrected chi connectivity index (χ0v) is 10.3. The lowest BCUT2D eigenvalue weighted by Gasteiger charge is -2.44. The van der Waals surface area contributed by atoms with Gasteiger partial charge in [0.25, 0.3) is 0 Å². The molecule has 0 N–H and O–H groups in total. The van der Waals surface area contributed by atoms with Gasteiger partial charge in [-0.1, -0.05) is 0 Å². The van der Waals surface area contributed by atoms with Gasteiger partial charge < -0.3 is 4.90 Å². The molecule has 1 amide bonds. The molecule has 0 radical (unpaired) electrons. The molecule has 4 heteroatoms. The van der Waals surface area contributed by atoms with Crippen LogP contribution in [0.25, 0.3) is 0 Å². The summed E-state index contributed by atoms with van der Waals surface area (Å²) in [4.78, 5) is 13.3. The maximum atomic E-state index is 11.4. The van der Waals surface area contributed by atoms with Gasteiger partial charge in [0.2, 0.25) is 5.91 Å². The lowest BCUT2D eigenvalue weighted by Crippen LogP contribution is -2.55. The molecule has 0 aromatic heterocycles. The quantitative estimate of drug-likeness (QED) is 0.642. The van der Waals surface area contributed by atoms with Crippen LogP contribution in [0, 0.1) is 5.92 Å². The largest absolute Gasteiger partial charge is 0.336 e. The Hall–Kier alpha value is 0.0500. The second kappa shape index (κ2) is 4.71. The van der Waals surface area contributed by atoms with Crippen LogP contribution in [0.4, 0.5) is 0 Å². The second-order valence-electron chi connectivity index (χ2n) is 4.11. The number of carbonyl (C=O) groups excluding carboxylic acids is 1.